The Morgan fingerprint density at radius 3 is 2.66 bits per heavy atom. The molecule has 0 bridgehead atoms. The van der Waals surface area contributed by atoms with Gasteiger partial charge in [0.05, 0.1) is 12.1 Å². The highest BCUT2D eigenvalue weighted by Gasteiger charge is 2.21. The summed E-state index contributed by atoms with van der Waals surface area (Å²) in [5, 5.41) is 2.93. The molecule has 2 unspecified atom stereocenters. The van der Waals surface area contributed by atoms with E-state index in [0.29, 0.717) is 12.0 Å². The van der Waals surface area contributed by atoms with Crippen molar-refractivity contribution in [1.29, 1.82) is 0 Å². The third-order valence-electron chi connectivity index (χ3n) is 5.59. The molecule has 0 spiro atoms. The zero-order chi connectivity index (χ0) is 20.6. The van der Waals surface area contributed by atoms with E-state index in [4.69, 9.17) is 4.74 Å². The number of amides is 2. The fraction of sp³-hybridized carbons (Fsp3) is 0.417. The first kappa shape index (κ1) is 21.1. The first-order chi connectivity index (χ1) is 14.0. The largest absolute Gasteiger partial charge is 0.378 e. The minimum Gasteiger partial charge on any atom is -0.378 e. The van der Waals surface area contributed by atoms with Gasteiger partial charge in [-0.3, -0.25) is 9.59 Å². The van der Waals surface area contributed by atoms with Crippen LogP contribution in [-0.2, 0) is 9.53 Å². The van der Waals surface area contributed by atoms with Gasteiger partial charge in [-0.05, 0) is 62.4 Å². The molecule has 5 heteroatoms. The summed E-state index contributed by atoms with van der Waals surface area (Å²) in [5.74, 6) is -0.0299. The van der Waals surface area contributed by atoms with Crippen molar-refractivity contribution in [2.75, 3.05) is 19.0 Å². The molecule has 0 aliphatic carbocycles. The standard InChI is InChI=1S/C24H30N2O3/c1-18(26(2)23(27)15-14-22-13-6-7-16-29-22)20-11-8-12-21(17-20)25-24(28)19-9-4-3-5-10-19/h3-5,8-12,17-18,22H,6-7,13-16H2,1-2H3,(H,25,28). The number of benzene rings is 2. The van der Waals surface area contributed by atoms with E-state index < -0.39 is 0 Å². The zero-order valence-electron chi connectivity index (χ0n) is 17.3. The molecule has 2 amide bonds. The van der Waals surface area contributed by atoms with Gasteiger partial charge in [-0.25, -0.2) is 0 Å². The Balaban J connectivity index is 1.58. The van der Waals surface area contributed by atoms with Crippen molar-refractivity contribution in [3.63, 3.8) is 0 Å². The molecular formula is C24H30N2O3. The van der Waals surface area contributed by atoms with Gasteiger partial charge in [-0.1, -0.05) is 30.3 Å². The van der Waals surface area contributed by atoms with Crippen molar-refractivity contribution in [1.82, 2.24) is 4.90 Å². The van der Waals surface area contributed by atoms with Crippen LogP contribution in [0.25, 0.3) is 0 Å². The van der Waals surface area contributed by atoms with E-state index in [-0.39, 0.29) is 24.0 Å². The molecule has 1 heterocycles. The SMILES string of the molecule is CC(c1cccc(NC(=O)c2ccccc2)c1)N(C)C(=O)CCC1CCCCO1. The van der Waals surface area contributed by atoms with Gasteiger partial charge in [0.1, 0.15) is 0 Å². The number of carbonyl (C=O) groups is 2. The van der Waals surface area contributed by atoms with Gasteiger partial charge in [0.25, 0.3) is 5.91 Å². The highest BCUT2D eigenvalue weighted by molar-refractivity contribution is 6.04. The predicted molar refractivity (Wildman–Crippen MR) is 115 cm³/mol. The first-order valence-electron chi connectivity index (χ1n) is 10.4. The van der Waals surface area contributed by atoms with Gasteiger partial charge in [0.2, 0.25) is 5.91 Å². The molecule has 5 nitrogen and oxygen atoms in total. The minimum atomic E-state index is -0.146. The van der Waals surface area contributed by atoms with Crippen molar-refractivity contribution in [2.24, 2.45) is 0 Å². The zero-order valence-corrected chi connectivity index (χ0v) is 17.3. The smallest absolute Gasteiger partial charge is 0.255 e. The second-order valence-corrected chi connectivity index (χ2v) is 7.65. The number of anilines is 1. The van der Waals surface area contributed by atoms with Gasteiger partial charge in [0, 0.05) is 31.3 Å². The van der Waals surface area contributed by atoms with Gasteiger partial charge in [-0.15, -0.1) is 0 Å². The Morgan fingerprint density at radius 1 is 1.14 bits per heavy atom. The van der Waals surface area contributed by atoms with Crippen LogP contribution >= 0.6 is 0 Å². The molecule has 2 aromatic carbocycles. The molecule has 0 aromatic heterocycles. The van der Waals surface area contributed by atoms with E-state index in [9.17, 15) is 9.59 Å². The van der Waals surface area contributed by atoms with Gasteiger partial charge in [-0.2, -0.15) is 0 Å². The molecule has 3 rings (SSSR count). The highest BCUT2D eigenvalue weighted by atomic mass is 16.5. The van der Waals surface area contributed by atoms with Crippen molar-refractivity contribution in [2.45, 2.75) is 51.2 Å². The van der Waals surface area contributed by atoms with E-state index >= 15 is 0 Å². The molecule has 154 valence electrons. The maximum absolute atomic E-state index is 12.6. The maximum atomic E-state index is 12.6. The van der Waals surface area contributed by atoms with E-state index in [0.717, 1.165) is 37.1 Å². The topological polar surface area (TPSA) is 58.6 Å². The van der Waals surface area contributed by atoms with Gasteiger partial charge >= 0.3 is 0 Å². The normalized spacial score (nSPS) is 17.4. The van der Waals surface area contributed by atoms with E-state index in [1.54, 1.807) is 17.0 Å². The summed E-state index contributed by atoms with van der Waals surface area (Å²) in [4.78, 5) is 26.8. The lowest BCUT2D eigenvalue weighted by molar-refractivity contribution is -0.132. The Kier molecular flexibility index (Phi) is 7.42. The van der Waals surface area contributed by atoms with Crippen LogP contribution in [0.2, 0.25) is 0 Å². The molecule has 1 aliphatic rings. The Hall–Kier alpha value is -2.66. The first-order valence-corrected chi connectivity index (χ1v) is 10.4. The minimum absolute atomic E-state index is 0.0802. The van der Waals surface area contributed by atoms with Crippen LogP contribution in [0.5, 0.6) is 0 Å². The van der Waals surface area contributed by atoms with Crippen molar-refractivity contribution in [3.05, 3.63) is 65.7 Å². The van der Waals surface area contributed by atoms with Crippen molar-refractivity contribution < 1.29 is 14.3 Å². The van der Waals surface area contributed by atoms with Crippen LogP contribution < -0.4 is 5.32 Å². The third-order valence-corrected chi connectivity index (χ3v) is 5.59. The summed E-state index contributed by atoms with van der Waals surface area (Å²) in [5.41, 5.74) is 2.32. The number of nitrogens with one attached hydrogen (secondary N) is 1. The van der Waals surface area contributed by atoms with Crippen LogP contribution in [0.15, 0.2) is 54.6 Å². The lowest BCUT2D eigenvalue weighted by atomic mass is 10.0. The van der Waals surface area contributed by atoms with Crippen LogP contribution in [0.1, 0.15) is 61.0 Å². The molecule has 0 saturated carbocycles. The van der Waals surface area contributed by atoms with Gasteiger partial charge < -0.3 is 15.0 Å². The van der Waals surface area contributed by atoms with Crippen LogP contribution in [0.4, 0.5) is 5.69 Å². The predicted octanol–water partition coefficient (Wildman–Crippen LogP) is 4.81. The Morgan fingerprint density at radius 2 is 1.93 bits per heavy atom. The quantitative estimate of drug-likeness (QED) is 0.733. The number of nitrogens with zero attached hydrogens (tertiary/aromatic N) is 1. The van der Waals surface area contributed by atoms with Crippen LogP contribution in [-0.4, -0.2) is 36.5 Å². The molecular weight excluding hydrogens is 364 g/mol. The fourth-order valence-electron chi connectivity index (χ4n) is 3.60. The Labute approximate surface area is 173 Å². The Bertz CT molecular complexity index is 816. The van der Waals surface area contributed by atoms with Crippen LogP contribution in [0.3, 0.4) is 0 Å². The van der Waals surface area contributed by atoms with Crippen molar-refractivity contribution in [3.8, 4) is 0 Å². The van der Waals surface area contributed by atoms with Crippen LogP contribution in [0, 0.1) is 0 Å². The number of hydrogen-bond donors (Lipinski definition) is 1. The summed E-state index contributed by atoms with van der Waals surface area (Å²) in [6, 6.07) is 16.7. The summed E-state index contributed by atoms with van der Waals surface area (Å²) < 4.78 is 5.73. The molecule has 1 N–H and O–H groups in total. The second-order valence-electron chi connectivity index (χ2n) is 7.65. The summed E-state index contributed by atoms with van der Waals surface area (Å²) in [7, 11) is 1.84. The number of rotatable bonds is 7. The molecule has 1 fully saturated rings. The highest BCUT2D eigenvalue weighted by Crippen LogP contribution is 2.24. The molecule has 29 heavy (non-hydrogen) atoms. The van der Waals surface area contributed by atoms with E-state index in [2.05, 4.69) is 5.32 Å². The lowest BCUT2D eigenvalue weighted by Gasteiger charge is -2.27. The maximum Gasteiger partial charge on any atom is 0.255 e. The average Bonchev–Trinajstić information content (AvgIpc) is 2.78. The summed E-state index contributed by atoms with van der Waals surface area (Å²) in [6.45, 7) is 2.82. The number of hydrogen-bond acceptors (Lipinski definition) is 3. The van der Waals surface area contributed by atoms with E-state index in [1.165, 1.54) is 6.42 Å². The molecule has 1 aliphatic heterocycles. The van der Waals surface area contributed by atoms with E-state index in [1.807, 2.05) is 56.4 Å². The third kappa shape index (κ3) is 5.91. The summed E-state index contributed by atoms with van der Waals surface area (Å²) >= 11 is 0. The molecule has 2 aromatic rings. The monoisotopic (exact) mass is 394 g/mol. The molecule has 2 atom stereocenters. The molecule has 1 saturated heterocycles. The summed E-state index contributed by atoms with van der Waals surface area (Å²) in [6.07, 6.45) is 4.85. The number of carbonyl (C=O) groups excluding carboxylic acids is 2. The van der Waals surface area contributed by atoms with Gasteiger partial charge in [0.15, 0.2) is 0 Å². The number of ether oxygens (including phenoxy) is 1. The van der Waals surface area contributed by atoms with Crippen molar-refractivity contribution >= 4 is 17.5 Å². The average molecular weight is 395 g/mol. The second kappa shape index (κ2) is 10.2. The molecule has 0 radical (unpaired) electrons. The lowest BCUT2D eigenvalue weighted by Crippen LogP contribution is -2.31. The fourth-order valence-corrected chi connectivity index (χ4v) is 3.60.